The zero-order valence-corrected chi connectivity index (χ0v) is 10.2. The third-order valence-electron chi connectivity index (χ3n) is 3.30. The molecule has 1 heterocycles. The summed E-state index contributed by atoms with van der Waals surface area (Å²) in [6.07, 6.45) is 2.68. The van der Waals surface area contributed by atoms with Crippen LogP contribution in [0.25, 0.3) is 0 Å². The standard InChI is InChI=1S/C14H21NO/c1-3-14(12-7-8-15-10-12)16-13-6-4-5-11(2)9-13/h4-6,9,12,14-15H,3,7-8,10H2,1-2H3. The number of hydrogen-bond acceptors (Lipinski definition) is 2. The van der Waals surface area contributed by atoms with Crippen molar-refractivity contribution >= 4 is 0 Å². The van der Waals surface area contributed by atoms with Gasteiger partial charge in [-0.1, -0.05) is 19.1 Å². The van der Waals surface area contributed by atoms with E-state index in [0.717, 1.165) is 25.3 Å². The largest absolute Gasteiger partial charge is 0.490 e. The Morgan fingerprint density at radius 2 is 2.38 bits per heavy atom. The molecule has 1 N–H and O–H groups in total. The third kappa shape index (κ3) is 2.76. The first-order valence-corrected chi connectivity index (χ1v) is 6.23. The van der Waals surface area contributed by atoms with Gasteiger partial charge < -0.3 is 10.1 Å². The second-order valence-corrected chi connectivity index (χ2v) is 4.63. The van der Waals surface area contributed by atoms with Gasteiger partial charge in [0.1, 0.15) is 11.9 Å². The first-order valence-electron chi connectivity index (χ1n) is 6.23. The molecule has 0 spiro atoms. The van der Waals surface area contributed by atoms with Crippen molar-refractivity contribution in [3.63, 3.8) is 0 Å². The fraction of sp³-hybridized carbons (Fsp3) is 0.571. The molecule has 0 aromatic heterocycles. The molecule has 0 aliphatic carbocycles. The highest BCUT2D eigenvalue weighted by Gasteiger charge is 2.24. The molecular weight excluding hydrogens is 198 g/mol. The summed E-state index contributed by atoms with van der Waals surface area (Å²) in [5, 5.41) is 3.40. The van der Waals surface area contributed by atoms with Gasteiger partial charge in [0.15, 0.2) is 0 Å². The number of hydrogen-bond donors (Lipinski definition) is 1. The molecule has 1 aliphatic heterocycles. The Balaban J connectivity index is 2.00. The van der Waals surface area contributed by atoms with Crippen LogP contribution in [0.5, 0.6) is 5.75 Å². The van der Waals surface area contributed by atoms with Crippen molar-refractivity contribution in [2.75, 3.05) is 13.1 Å². The molecule has 0 saturated carbocycles. The maximum Gasteiger partial charge on any atom is 0.119 e. The van der Waals surface area contributed by atoms with Gasteiger partial charge >= 0.3 is 0 Å². The quantitative estimate of drug-likeness (QED) is 0.840. The lowest BCUT2D eigenvalue weighted by molar-refractivity contribution is 0.138. The first kappa shape index (κ1) is 11.5. The molecule has 2 unspecified atom stereocenters. The highest BCUT2D eigenvalue weighted by atomic mass is 16.5. The number of aryl methyl sites for hydroxylation is 1. The Kier molecular flexibility index (Phi) is 3.83. The Morgan fingerprint density at radius 3 is 3.00 bits per heavy atom. The zero-order chi connectivity index (χ0) is 11.4. The lowest BCUT2D eigenvalue weighted by Crippen LogP contribution is -2.28. The fourth-order valence-corrected chi connectivity index (χ4v) is 2.37. The molecule has 1 aromatic rings. The van der Waals surface area contributed by atoms with E-state index in [2.05, 4.69) is 43.4 Å². The highest BCUT2D eigenvalue weighted by molar-refractivity contribution is 5.27. The van der Waals surface area contributed by atoms with Gasteiger partial charge in [-0.2, -0.15) is 0 Å². The van der Waals surface area contributed by atoms with E-state index in [9.17, 15) is 0 Å². The summed E-state index contributed by atoms with van der Waals surface area (Å²) in [6.45, 7) is 6.55. The van der Waals surface area contributed by atoms with Gasteiger partial charge in [-0.3, -0.25) is 0 Å². The van der Waals surface area contributed by atoms with Gasteiger partial charge in [0.2, 0.25) is 0 Å². The maximum absolute atomic E-state index is 6.09. The molecule has 0 bridgehead atoms. The minimum atomic E-state index is 0.358. The molecule has 0 amide bonds. The van der Waals surface area contributed by atoms with Crippen molar-refractivity contribution in [2.24, 2.45) is 5.92 Å². The molecule has 16 heavy (non-hydrogen) atoms. The van der Waals surface area contributed by atoms with E-state index in [1.54, 1.807) is 0 Å². The normalized spacial score (nSPS) is 22.0. The van der Waals surface area contributed by atoms with Crippen LogP contribution in [0, 0.1) is 12.8 Å². The van der Waals surface area contributed by atoms with Crippen LogP contribution >= 0.6 is 0 Å². The predicted molar refractivity (Wildman–Crippen MR) is 66.9 cm³/mol. The van der Waals surface area contributed by atoms with Gasteiger partial charge in [0, 0.05) is 12.5 Å². The van der Waals surface area contributed by atoms with Crippen LogP contribution in [0.4, 0.5) is 0 Å². The fourth-order valence-electron chi connectivity index (χ4n) is 2.37. The molecule has 1 saturated heterocycles. The smallest absolute Gasteiger partial charge is 0.119 e. The number of ether oxygens (including phenoxy) is 1. The van der Waals surface area contributed by atoms with Crippen LogP contribution in [0.1, 0.15) is 25.3 Å². The molecule has 2 heteroatoms. The van der Waals surface area contributed by atoms with Gasteiger partial charge in [-0.15, -0.1) is 0 Å². The van der Waals surface area contributed by atoms with Crippen molar-refractivity contribution in [1.82, 2.24) is 5.32 Å². The van der Waals surface area contributed by atoms with Crippen molar-refractivity contribution in [3.05, 3.63) is 29.8 Å². The highest BCUT2D eigenvalue weighted by Crippen LogP contribution is 2.22. The monoisotopic (exact) mass is 219 g/mol. The molecule has 1 fully saturated rings. The van der Waals surface area contributed by atoms with E-state index in [4.69, 9.17) is 4.74 Å². The van der Waals surface area contributed by atoms with Crippen molar-refractivity contribution in [2.45, 2.75) is 32.8 Å². The molecule has 2 rings (SSSR count). The predicted octanol–water partition coefficient (Wildman–Crippen LogP) is 2.76. The lowest BCUT2D eigenvalue weighted by atomic mass is 9.99. The summed E-state index contributed by atoms with van der Waals surface area (Å²) in [5.41, 5.74) is 1.26. The summed E-state index contributed by atoms with van der Waals surface area (Å²) in [4.78, 5) is 0. The van der Waals surface area contributed by atoms with Gasteiger partial charge in [-0.25, -0.2) is 0 Å². The Morgan fingerprint density at radius 1 is 1.50 bits per heavy atom. The van der Waals surface area contributed by atoms with Crippen molar-refractivity contribution in [3.8, 4) is 5.75 Å². The summed E-state index contributed by atoms with van der Waals surface area (Å²) < 4.78 is 6.09. The summed E-state index contributed by atoms with van der Waals surface area (Å²) in [7, 11) is 0. The Labute approximate surface area is 98.0 Å². The van der Waals surface area contributed by atoms with E-state index in [1.165, 1.54) is 12.0 Å². The van der Waals surface area contributed by atoms with Crippen LogP contribution in [-0.4, -0.2) is 19.2 Å². The molecule has 1 aromatic carbocycles. The van der Waals surface area contributed by atoms with Gasteiger partial charge in [0.25, 0.3) is 0 Å². The zero-order valence-electron chi connectivity index (χ0n) is 10.2. The second kappa shape index (κ2) is 5.35. The minimum absolute atomic E-state index is 0.358. The van der Waals surface area contributed by atoms with E-state index in [1.807, 2.05) is 0 Å². The average Bonchev–Trinajstić information content (AvgIpc) is 2.79. The third-order valence-corrected chi connectivity index (χ3v) is 3.30. The van der Waals surface area contributed by atoms with E-state index < -0.39 is 0 Å². The summed E-state index contributed by atoms with van der Waals surface area (Å²) >= 11 is 0. The molecule has 1 aliphatic rings. The Hall–Kier alpha value is -1.02. The van der Waals surface area contributed by atoms with Crippen molar-refractivity contribution in [1.29, 1.82) is 0 Å². The van der Waals surface area contributed by atoms with E-state index in [0.29, 0.717) is 12.0 Å². The van der Waals surface area contributed by atoms with E-state index >= 15 is 0 Å². The molecule has 0 radical (unpaired) electrons. The van der Waals surface area contributed by atoms with Crippen LogP contribution in [0.3, 0.4) is 0 Å². The average molecular weight is 219 g/mol. The molecular formula is C14H21NO. The number of rotatable bonds is 4. The molecule has 2 nitrogen and oxygen atoms in total. The molecule has 88 valence electrons. The maximum atomic E-state index is 6.09. The topological polar surface area (TPSA) is 21.3 Å². The number of benzene rings is 1. The summed E-state index contributed by atoms with van der Waals surface area (Å²) in [6, 6.07) is 8.33. The lowest BCUT2D eigenvalue weighted by Gasteiger charge is -2.23. The van der Waals surface area contributed by atoms with Crippen LogP contribution < -0.4 is 10.1 Å². The van der Waals surface area contributed by atoms with E-state index in [-0.39, 0.29) is 0 Å². The SMILES string of the molecule is CCC(Oc1cccc(C)c1)C1CCNC1. The Bertz CT molecular complexity index is 331. The second-order valence-electron chi connectivity index (χ2n) is 4.63. The van der Waals surface area contributed by atoms with Gasteiger partial charge in [-0.05, 0) is 44.0 Å². The first-order chi connectivity index (χ1) is 7.79. The van der Waals surface area contributed by atoms with Crippen LogP contribution in [0.15, 0.2) is 24.3 Å². The van der Waals surface area contributed by atoms with Crippen molar-refractivity contribution < 1.29 is 4.74 Å². The van der Waals surface area contributed by atoms with Crippen LogP contribution in [0.2, 0.25) is 0 Å². The minimum Gasteiger partial charge on any atom is -0.490 e. The number of nitrogens with one attached hydrogen (secondary N) is 1. The summed E-state index contributed by atoms with van der Waals surface area (Å²) in [5.74, 6) is 1.68. The molecule has 2 atom stereocenters. The van der Waals surface area contributed by atoms with Gasteiger partial charge in [0.05, 0.1) is 0 Å². The van der Waals surface area contributed by atoms with Crippen LogP contribution in [-0.2, 0) is 0 Å².